The summed E-state index contributed by atoms with van der Waals surface area (Å²) in [5.74, 6) is 1.15. The fourth-order valence-electron chi connectivity index (χ4n) is 3.42. The molecule has 2 aliphatic rings. The second kappa shape index (κ2) is 6.49. The third-order valence-corrected chi connectivity index (χ3v) is 4.71. The molecule has 1 heterocycles. The topological polar surface area (TPSA) is 39.4 Å². The third kappa shape index (κ3) is 3.22. The number of benzene rings is 1. The SMILES string of the molecule is N#Cc1cc(Cl)ccc1N=C1CCCN1C1CCCCC1. The molecule has 0 radical (unpaired) electrons. The van der Waals surface area contributed by atoms with Crippen LogP contribution in [0.5, 0.6) is 0 Å². The van der Waals surface area contributed by atoms with Crippen LogP contribution in [0.3, 0.4) is 0 Å². The summed E-state index contributed by atoms with van der Waals surface area (Å²) in [6, 6.07) is 8.20. The fraction of sp³-hybridized carbons (Fsp3) is 0.529. The lowest BCUT2D eigenvalue weighted by Gasteiger charge is -2.32. The Balaban J connectivity index is 1.86. The maximum absolute atomic E-state index is 9.24. The molecule has 1 saturated carbocycles. The summed E-state index contributed by atoms with van der Waals surface area (Å²) >= 11 is 5.95. The molecule has 0 N–H and O–H groups in total. The molecular formula is C17H20ClN3. The quantitative estimate of drug-likeness (QED) is 0.796. The first-order valence-corrected chi connectivity index (χ1v) is 8.19. The lowest BCUT2D eigenvalue weighted by atomic mass is 9.94. The van der Waals surface area contributed by atoms with Crippen LogP contribution in [0.4, 0.5) is 5.69 Å². The number of nitriles is 1. The molecule has 1 aliphatic carbocycles. The average Bonchev–Trinajstić information content (AvgIpc) is 2.98. The number of hydrogen-bond donors (Lipinski definition) is 0. The molecule has 0 amide bonds. The minimum Gasteiger partial charge on any atom is -0.357 e. The molecule has 0 atom stereocenters. The maximum atomic E-state index is 9.24. The van der Waals surface area contributed by atoms with Gasteiger partial charge in [0.05, 0.1) is 11.3 Å². The van der Waals surface area contributed by atoms with E-state index in [1.54, 1.807) is 6.07 Å². The van der Waals surface area contributed by atoms with Gasteiger partial charge in [0, 0.05) is 24.0 Å². The largest absolute Gasteiger partial charge is 0.357 e. The van der Waals surface area contributed by atoms with Crippen LogP contribution in [0.1, 0.15) is 50.5 Å². The Morgan fingerprint density at radius 1 is 1.19 bits per heavy atom. The van der Waals surface area contributed by atoms with Crippen molar-refractivity contribution in [3.05, 3.63) is 28.8 Å². The normalized spacial score (nSPS) is 21.7. The molecule has 0 spiro atoms. The highest BCUT2D eigenvalue weighted by atomic mass is 35.5. The minimum atomic E-state index is 0.561. The van der Waals surface area contributed by atoms with Gasteiger partial charge >= 0.3 is 0 Å². The summed E-state index contributed by atoms with van der Waals surface area (Å²) < 4.78 is 0. The summed E-state index contributed by atoms with van der Waals surface area (Å²) in [5, 5.41) is 9.83. The van der Waals surface area contributed by atoms with Gasteiger partial charge in [-0.25, -0.2) is 4.99 Å². The Bertz CT molecular complexity index is 582. The first-order valence-electron chi connectivity index (χ1n) is 7.82. The van der Waals surface area contributed by atoms with Crippen LogP contribution in [0.25, 0.3) is 0 Å². The van der Waals surface area contributed by atoms with Crippen LogP contribution in [0.2, 0.25) is 5.02 Å². The van der Waals surface area contributed by atoms with Crippen LogP contribution in [-0.4, -0.2) is 23.3 Å². The van der Waals surface area contributed by atoms with Gasteiger partial charge in [0.25, 0.3) is 0 Å². The van der Waals surface area contributed by atoms with E-state index < -0.39 is 0 Å². The molecule has 4 heteroatoms. The zero-order valence-corrected chi connectivity index (χ0v) is 12.9. The Morgan fingerprint density at radius 3 is 2.76 bits per heavy atom. The Kier molecular flexibility index (Phi) is 4.45. The molecule has 0 bridgehead atoms. The van der Waals surface area contributed by atoms with Gasteiger partial charge in [-0.3, -0.25) is 0 Å². The van der Waals surface area contributed by atoms with Crippen molar-refractivity contribution in [1.82, 2.24) is 4.90 Å². The number of amidine groups is 1. The van der Waals surface area contributed by atoms with Crippen molar-refractivity contribution in [2.45, 2.75) is 51.0 Å². The standard InChI is InChI=1S/C17H20ClN3/c18-14-8-9-16(13(11-14)12-19)20-17-7-4-10-21(17)15-5-2-1-3-6-15/h8-9,11,15H,1-7,10H2. The number of likely N-dealkylation sites (tertiary alicyclic amines) is 1. The van der Waals surface area contributed by atoms with E-state index in [1.807, 2.05) is 12.1 Å². The van der Waals surface area contributed by atoms with Gasteiger partial charge in [-0.2, -0.15) is 5.26 Å². The van der Waals surface area contributed by atoms with Gasteiger partial charge in [0.15, 0.2) is 0 Å². The Hall–Kier alpha value is -1.53. The van der Waals surface area contributed by atoms with Crippen LogP contribution < -0.4 is 0 Å². The molecule has 0 unspecified atom stereocenters. The fourth-order valence-corrected chi connectivity index (χ4v) is 3.59. The van der Waals surface area contributed by atoms with Crippen molar-refractivity contribution < 1.29 is 0 Å². The van der Waals surface area contributed by atoms with E-state index >= 15 is 0 Å². The van der Waals surface area contributed by atoms with E-state index in [0.29, 0.717) is 16.6 Å². The molecule has 110 valence electrons. The van der Waals surface area contributed by atoms with E-state index in [4.69, 9.17) is 16.6 Å². The zero-order valence-electron chi connectivity index (χ0n) is 12.2. The van der Waals surface area contributed by atoms with Crippen molar-refractivity contribution in [1.29, 1.82) is 5.26 Å². The van der Waals surface area contributed by atoms with E-state index in [-0.39, 0.29) is 0 Å². The van der Waals surface area contributed by atoms with Crippen molar-refractivity contribution in [2.75, 3.05) is 6.54 Å². The Morgan fingerprint density at radius 2 is 2.00 bits per heavy atom. The molecule has 1 aromatic carbocycles. The molecule has 21 heavy (non-hydrogen) atoms. The van der Waals surface area contributed by atoms with E-state index in [9.17, 15) is 5.26 Å². The molecule has 1 aromatic rings. The van der Waals surface area contributed by atoms with Crippen molar-refractivity contribution in [2.24, 2.45) is 4.99 Å². The lowest BCUT2D eigenvalue weighted by Crippen LogP contribution is -2.37. The predicted molar refractivity (Wildman–Crippen MR) is 86.1 cm³/mol. The van der Waals surface area contributed by atoms with Gasteiger partial charge in [-0.05, 0) is 37.5 Å². The summed E-state index contributed by atoms with van der Waals surface area (Å²) in [7, 11) is 0. The summed E-state index contributed by atoms with van der Waals surface area (Å²) in [5.41, 5.74) is 1.31. The summed E-state index contributed by atoms with van der Waals surface area (Å²) in [4.78, 5) is 7.27. The third-order valence-electron chi connectivity index (χ3n) is 4.47. The lowest BCUT2D eigenvalue weighted by molar-refractivity contribution is 0.258. The number of aliphatic imine (C=N–C) groups is 1. The summed E-state index contributed by atoms with van der Waals surface area (Å²) in [6.45, 7) is 1.11. The molecular weight excluding hydrogens is 282 g/mol. The predicted octanol–water partition coefficient (Wildman–Crippen LogP) is 4.67. The van der Waals surface area contributed by atoms with Gasteiger partial charge < -0.3 is 4.90 Å². The molecule has 3 nitrogen and oxygen atoms in total. The molecule has 3 rings (SSSR count). The average molecular weight is 302 g/mol. The minimum absolute atomic E-state index is 0.561. The van der Waals surface area contributed by atoms with Crippen molar-refractivity contribution >= 4 is 23.1 Å². The highest BCUT2D eigenvalue weighted by Crippen LogP contribution is 2.29. The van der Waals surface area contributed by atoms with Gasteiger partial charge in [0.2, 0.25) is 0 Å². The highest BCUT2D eigenvalue weighted by molar-refractivity contribution is 6.30. The van der Waals surface area contributed by atoms with Gasteiger partial charge in [-0.1, -0.05) is 30.9 Å². The monoisotopic (exact) mass is 301 g/mol. The number of hydrogen-bond acceptors (Lipinski definition) is 2. The highest BCUT2D eigenvalue weighted by Gasteiger charge is 2.27. The van der Waals surface area contributed by atoms with E-state index in [2.05, 4.69) is 11.0 Å². The van der Waals surface area contributed by atoms with Gasteiger partial charge in [-0.15, -0.1) is 0 Å². The summed E-state index contributed by atoms with van der Waals surface area (Å²) in [6.07, 6.45) is 8.79. The zero-order chi connectivity index (χ0) is 14.7. The molecule has 1 saturated heterocycles. The van der Waals surface area contributed by atoms with Gasteiger partial charge in [0.1, 0.15) is 11.9 Å². The van der Waals surface area contributed by atoms with Crippen molar-refractivity contribution in [3.63, 3.8) is 0 Å². The maximum Gasteiger partial charge on any atom is 0.105 e. The number of rotatable bonds is 2. The van der Waals surface area contributed by atoms with Crippen molar-refractivity contribution in [3.8, 4) is 6.07 Å². The smallest absolute Gasteiger partial charge is 0.105 e. The van der Waals surface area contributed by atoms with E-state index in [0.717, 1.165) is 24.5 Å². The first-order chi connectivity index (χ1) is 10.3. The number of halogens is 1. The molecule has 0 aromatic heterocycles. The van der Waals surface area contributed by atoms with Crippen LogP contribution in [0, 0.1) is 11.3 Å². The van der Waals surface area contributed by atoms with Crippen LogP contribution in [0.15, 0.2) is 23.2 Å². The number of nitrogens with zero attached hydrogens (tertiary/aromatic N) is 3. The first kappa shape index (κ1) is 14.4. The second-order valence-electron chi connectivity index (χ2n) is 5.89. The second-order valence-corrected chi connectivity index (χ2v) is 6.33. The van der Waals surface area contributed by atoms with Crippen LogP contribution >= 0.6 is 11.6 Å². The van der Waals surface area contributed by atoms with E-state index in [1.165, 1.54) is 38.5 Å². The van der Waals surface area contributed by atoms with Crippen LogP contribution in [-0.2, 0) is 0 Å². The Labute approximate surface area is 131 Å². The molecule has 1 aliphatic heterocycles. The molecule has 2 fully saturated rings.